The number of likely N-dealkylation sites (tertiary alicyclic amines) is 1. The van der Waals surface area contributed by atoms with Gasteiger partial charge in [0.05, 0.1) is 0 Å². The summed E-state index contributed by atoms with van der Waals surface area (Å²) in [6, 6.07) is 15.1. The number of amides is 3. The summed E-state index contributed by atoms with van der Waals surface area (Å²) in [4.78, 5) is 26.9. The Morgan fingerprint density at radius 2 is 1.77 bits per heavy atom. The molecule has 1 saturated heterocycles. The molecular weight excluding hydrogens is 388 g/mol. The molecule has 6 nitrogen and oxygen atoms in total. The lowest BCUT2D eigenvalue weighted by Crippen LogP contribution is -2.34. The van der Waals surface area contributed by atoms with Crippen LogP contribution in [0.15, 0.2) is 48.5 Å². The van der Waals surface area contributed by atoms with E-state index in [9.17, 15) is 9.59 Å². The van der Waals surface area contributed by atoms with Crippen LogP contribution in [0.1, 0.15) is 55.1 Å². The molecule has 0 spiro atoms. The summed E-state index contributed by atoms with van der Waals surface area (Å²) in [5.41, 5.74) is 3.64. The maximum absolute atomic E-state index is 12.6. The maximum Gasteiger partial charge on any atom is 0.319 e. The Labute approximate surface area is 185 Å². The van der Waals surface area contributed by atoms with Gasteiger partial charge in [0.2, 0.25) is 0 Å². The molecule has 3 N–H and O–H groups in total. The van der Waals surface area contributed by atoms with Crippen molar-refractivity contribution >= 4 is 17.6 Å². The first-order valence-electron chi connectivity index (χ1n) is 11.2. The van der Waals surface area contributed by atoms with E-state index in [2.05, 4.69) is 46.0 Å². The van der Waals surface area contributed by atoms with Crippen molar-refractivity contribution in [3.63, 3.8) is 0 Å². The van der Waals surface area contributed by atoms with Gasteiger partial charge >= 0.3 is 6.03 Å². The molecule has 1 aliphatic heterocycles. The highest BCUT2D eigenvalue weighted by atomic mass is 16.2. The van der Waals surface area contributed by atoms with Crippen molar-refractivity contribution in [2.75, 3.05) is 18.4 Å². The Morgan fingerprint density at radius 3 is 2.45 bits per heavy atom. The molecule has 1 unspecified atom stereocenters. The first-order valence-corrected chi connectivity index (χ1v) is 11.2. The summed E-state index contributed by atoms with van der Waals surface area (Å²) in [5.74, 6) is 0.620. The molecule has 1 fully saturated rings. The van der Waals surface area contributed by atoms with Crippen LogP contribution in [0.2, 0.25) is 0 Å². The van der Waals surface area contributed by atoms with Crippen LogP contribution in [0.3, 0.4) is 0 Å². The number of nitrogens with one attached hydrogen (secondary N) is 3. The molecular formula is C25H34N4O2. The first-order chi connectivity index (χ1) is 14.9. The van der Waals surface area contributed by atoms with Gasteiger partial charge in [-0.25, -0.2) is 4.79 Å². The summed E-state index contributed by atoms with van der Waals surface area (Å²) in [6.45, 7) is 9.81. The van der Waals surface area contributed by atoms with E-state index >= 15 is 0 Å². The highest BCUT2D eigenvalue weighted by Gasteiger charge is 2.17. The molecule has 1 aliphatic rings. The van der Waals surface area contributed by atoms with Crippen molar-refractivity contribution in [2.24, 2.45) is 5.92 Å². The Hall–Kier alpha value is -2.86. The number of benzene rings is 2. The number of nitrogens with zero attached hydrogens (tertiary/aromatic N) is 1. The fourth-order valence-electron chi connectivity index (χ4n) is 3.97. The Morgan fingerprint density at radius 1 is 1.06 bits per heavy atom. The average molecular weight is 423 g/mol. The smallest absolute Gasteiger partial charge is 0.319 e. The predicted octanol–water partition coefficient (Wildman–Crippen LogP) is 4.38. The Kier molecular flexibility index (Phi) is 8.06. The third-order valence-corrected chi connectivity index (χ3v) is 5.52. The highest BCUT2D eigenvalue weighted by Crippen LogP contribution is 2.19. The number of hydrogen-bond acceptors (Lipinski definition) is 3. The molecule has 6 heteroatoms. The summed E-state index contributed by atoms with van der Waals surface area (Å²) < 4.78 is 0. The number of carbonyl (C=O) groups excluding carboxylic acids is 2. The summed E-state index contributed by atoms with van der Waals surface area (Å²) in [7, 11) is 0. The van der Waals surface area contributed by atoms with Gasteiger partial charge in [-0.15, -0.1) is 0 Å². The van der Waals surface area contributed by atoms with Gasteiger partial charge in [-0.05, 0) is 74.5 Å². The standard InChI is InChI=1S/C25H34N4O2/c1-18(2)27-25(31)28-23-12-10-20(11-13-23)24(30)26-15-21-8-4-5-9-22(21)17-29-14-6-7-19(3)16-29/h4-5,8-13,18-19H,6-7,14-17H2,1-3H3,(H,26,30)(H2,27,28,31). The quantitative estimate of drug-likeness (QED) is 0.620. The Balaban J connectivity index is 1.55. The Bertz CT molecular complexity index is 879. The molecule has 31 heavy (non-hydrogen) atoms. The lowest BCUT2D eigenvalue weighted by atomic mass is 9.99. The van der Waals surface area contributed by atoms with E-state index in [0.29, 0.717) is 17.8 Å². The molecule has 2 aromatic rings. The van der Waals surface area contributed by atoms with Crippen LogP contribution in [0.25, 0.3) is 0 Å². The van der Waals surface area contributed by atoms with Crippen LogP contribution in [0.4, 0.5) is 10.5 Å². The summed E-state index contributed by atoms with van der Waals surface area (Å²) >= 11 is 0. The van der Waals surface area contributed by atoms with Gasteiger partial charge in [-0.1, -0.05) is 31.2 Å². The zero-order chi connectivity index (χ0) is 22.2. The van der Waals surface area contributed by atoms with Crippen molar-refractivity contribution in [3.8, 4) is 0 Å². The molecule has 0 radical (unpaired) electrons. The van der Waals surface area contributed by atoms with Gasteiger partial charge in [0, 0.05) is 36.9 Å². The zero-order valence-electron chi connectivity index (χ0n) is 18.8. The maximum atomic E-state index is 12.6. The van der Waals surface area contributed by atoms with Gasteiger partial charge in [0.1, 0.15) is 0 Å². The van der Waals surface area contributed by atoms with Gasteiger partial charge < -0.3 is 16.0 Å². The van der Waals surface area contributed by atoms with Crippen LogP contribution in [0, 0.1) is 5.92 Å². The van der Waals surface area contributed by atoms with Gasteiger partial charge in [-0.3, -0.25) is 9.69 Å². The molecule has 3 rings (SSSR count). The van der Waals surface area contributed by atoms with Crippen molar-refractivity contribution < 1.29 is 9.59 Å². The minimum Gasteiger partial charge on any atom is -0.348 e. The first kappa shape index (κ1) is 22.8. The van der Waals surface area contributed by atoms with Crippen molar-refractivity contribution in [2.45, 2.75) is 52.7 Å². The topological polar surface area (TPSA) is 73.5 Å². The van der Waals surface area contributed by atoms with Gasteiger partial charge in [-0.2, -0.15) is 0 Å². The third kappa shape index (κ3) is 7.10. The van der Waals surface area contributed by atoms with E-state index < -0.39 is 0 Å². The SMILES string of the molecule is CC1CCCN(Cc2ccccc2CNC(=O)c2ccc(NC(=O)NC(C)C)cc2)C1. The second kappa shape index (κ2) is 11.0. The lowest BCUT2D eigenvalue weighted by molar-refractivity contribution is 0.0950. The molecule has 0 aliphatic carbocycles. The third-order valence-electron chi connectivity index (χ3n) is 5.52. The zero-order valence-corrected chi connectivity index (χ0v) is 18.8. The number of anilines is 1. The van der Waals surface area contributed by atoms with E-state index in [4.69, 9.17) is 0 Å². The van der Waals surface area contributed by atoms with E-state index in [1.54, 1.807) is 24.3 Å². The second-order valence-electron chi connectivity index (χ2n) is 8.76. The van der Waals surface area contributed by atoms with Gasteiger partial charge in [0.25, 0.3) is 5.91 Å². The van der Waals surface area contributed by atoms with Crippen LogP contribution in [-0.4, -0.2) is 36.0 Å². The predicted molar refractivity (Wildman–Crippen MR) is 125 cm³/mol. The van der Waals surface area contributed by atoms with Gasteiger partial charge in [0.15, 0.2) is 0 Å². The molecule has 1 heterocycles. The number of hydrogen-bond donors (Lipinski definition) is 3. The molecule has 0 saturated carbocycles. The molecule has 0 aromatic heterocycles. The molecule has 3 amide bonds. The molecule has 1 atom stereocenters. The second-order valence-corrected chi connectivity index (χ2v) is 8.76. The molecule has 2 aromatic carbocycles. The minimum atomic E-state index is -0.257. The summed E-state index contributed by atoms with van der Waals surface area (Å²) in [6.07, 6.45) is 2.56. The van der Waals surface area contributed by atoms with E-state index in [0.717, 1.165) is 31.1 Å². The minimum absolute atomic E-state index is 0.0613. The highest BCUT2D eigenvalue weighted by molar-refractivity contribution is 5.95. The molecule has 0 bridgehead atoms. The lowest BCUT2D eigenvalue weighted by Gasteiger charge is -2.31. The summed E-state index contributed by atoms with van der Waals surface area (Å²) in [5, 5.41) is 8.56. The fourth-order valence-corrected chi connectivity index (χ4v) is 3.97. The van der Waals surface area contributed by atoms with Crippen LogP contribution in [-0.2, 0) is 13.1 Å². The van der Waals surface area contributed by atoms with Crippen molar-refractivity contribution in [1.29, 1.82) is 0 Å². The molecule has 166 valence electrons. The van der Waals surface area contributed by atoms with E-state index in [-0.39, 0.29) is 18.0 Å². The number of piperidine rings is 1. The average Bonchev–Trinajstić information content (AvgIpc) is 2.73. The monoisotopic (exact) mass is 422 g/mol. The normalized spacial score (nSPS) is 16.7. The van der Waals surface area contributed by atoms with Crippen molar-refractivity contribution in [1.82, 2.24) is 15.5 Å². The van der Waals surface area contributed by atoms with Crippen LogP contribution < -0.4 is 16.0 Å². The van der Waals surface area contributed by atoms with E-state index in [1.807, 2.05) is 19.9 Å². The van der Waals surface area contributed by atoms with E-state index in [1.165, 1.54) is 18.4 Å². The van der Waals surface area contributed by atoms with Crippen LogP contribution in [0.5, 0.6) is 0 Å². The fraction of sp³-hybridized carbons (Fsp3) is 0.440. The number of urea groups is 1. The number of rotatable bonds is 7. The largest absolute Gasteiger partial charge is 0.348 e. The van der Waals surface area contributed by atoms with Crippen molar-refractivity contribution in [3.05, 3.63) is 65.2 Å². The van der Waals surface area contributed by atoms with Crippen LogP contribution >= 0.6 is 0 Å². The number of carbonyl (C=O) groups is 2.